The zero-order chi connectivity index (χ0) is 23.5. The van der Waals surface area contributed by atoms with Crippen LogP contribution >= 0.6 is 0 Å². The molecule has 2 aromatic carbocycles. The number of carbonyl (C=O) groups excluding carboxylic acids is 1. The summed E-state index contributed by atoms with van der Waals surface area (Å²) in [7, 11) is 0. The summed E-state index contributed by atoms with van der Waals surface area (Å²) >= 11 is 0. The molecule has 4 rings (SSSR count). The average molecular weight is 447 g/mol. The van der Waals surface area contributed by atoms with Crippen LogP contribution in [0.5, 0.6) is 5.75 Å². The van der Waals surface area contributed by atoms with Crippen LogP contribution in [0.15, 0.2) is 64.3 Å². The summed E-state index contributed by atoms with van der Waals surface area (Å²) in [4.78, 5) is 31.1. The van der Waals surface area contributed by atoms with Crippen molar-refractivity contribution in [2.45, 2.75) is 26.8 Å². The van der Waals surface area contributed by atoms with Gasteiger partial charge in [-0.15, -0.1) is 0 Å². The van der Waals surface area contributed by atoms with E-state index in [1.165, 1.54) is 0 Å². The van der Waals surface area contributed by atoms with E-state index >= 15 is 0 Å². The van der Waals surface area contributed by atoms with Crippen LogP contribution in [0.1, 0.15) is 47.1 Å². The van der Waals surface area contributed by atoms with Crippen LogP contribution in [0.3, 0.4) is 0 Å². The number of fused-ring (bicyclic) bond motifs is 2. The van der Waals surface area contributed by atoms with E-state index in [9.17, 15) is 9.59 Å². The highest BCUT2D eigenvalue weighted by molar-refractivity contribution is 5.99. The number of ether oxygens (including phenoxy) is 1. The largest absolute Gasteiger partial charge is 0.490 e. The molecule has 0 saturated carbocycles. The Morgan fingerprint density at radius 3 is 2.52 bits per heavy atom. The fourth-order valence-corrected chi connectivity index (χ4v) is 4.40. The van der Waals surface area contributed by atoms with E-state index < -0.39 is 6.04 Å². The molecule has 1 aliphatic rings. The van der Waals surface area contributed by atoms with E-state index in [4.69, 9.17) is 9.15 Å². The van der Waals surface area contributed by atoms with Gasteiger partial charge in [0.2, 0.25) is 5.76 Å². The van der Waals surface area contributed by atoms with Gasteiger partial charge in [-0.3, -0.25) is 9.59 Å². The molecule has 1 atom stereocenters. The molecule has 1 amide bonds. The number of carbonyl (C=O) groups is 1. The fourth-order valence-electron chi connectivity index (χ4n) is 4.40. The lowest BCUT2D eigenvalue weighted by Gasteiger charge is -2.28. The molecule has 172 valence electrons. The Labute approximate surface area is 194 Å². The van der Waals surface area contributed by atoms with Gasteiger partial charge in [0.15, 0.2) is 5.43 Å². The number of rotatable bonds is 9. The predicted octanol–water partition coefficient (Wildman–Crippen LogP) is 4.55. The third kappa shape index (κ3) is 4.31. The van der Waals surface area contributed by atoms with Crippen molar-refractivity contribution in [3.8, 4) is 5.75 Å². The molecule has 6 nitrogen and oxygen atoms in total. The van der Waals surface area contributed by atoms with Crippen molar-refractivity contribution in [3.63, 3.8) is 0 Å². The lowest BCUT2D eigenvalue weighted by atomic mass is 9.98. The zero-order valence-corrected chi connectivity index (χ0v) is 19.5. The standard InChI is InChI=1S/C27H30N2O4/c1-5-16-32-20-11-9-19(10-12-20)24-23-25(30)21-17-18(4)8-13-22(21)33-26(23)27(31)29(24)15-14-28(6-2)7-3/h5,8-13,17,24H,1,6-7,14-16H2,2-4H3. The molecule has 3 aromatic rings. The number of hydrogen-bond acceptors (Lipinski definition) is 5. The summed E-state index contributed by atoms with van der Waals surface area (Å²) in [6.45, 7) is 13.2. The summed E-state index contributed by atoms with van der Waals surface area (Å²) in [5, 5.41) is 0.503. The van der Waals surface area contributed by atoms with Crippen molar-refractivity contribution in [2.75, 3.05) is 32.8 Å². The molecule has 2 heterocycles. The molecule has 33 heavy (non-hydrogen) atoms. The number of hydrogen-bond donors (Lipinski definition) is 0. The Balaban J connectivity index is 1.81. The van der Waals surface area contributed by atoms with E-state index in [1.54, 1.807) is 17.0 Å². The second-order valence-corrected chi connectivity index (χ2v) is 8.27. The average Bonchev–Trinajstić information content (AvgIpc) is 3.11. The first-order valence-electron chi connectivity index (χ1n) is 11.4. The van der Waals surface area contributed by atoms with Gasteiger partial charge in [-0.25, -0.2) is 0 Å². The van der Waals surface area contributed by atoms with Crippen LogP contribution in [0.4, 0.5) is 0 Å². The highest BCUT2D eigenvalue weighted by Gasteiger charge is 2.42. The minimum Gasteiger partial charge on any atom is -0.490 e. The van der Waals surface area contributed by atoms with Gasteiger partial charge in [-0.2, -0.15) is 0 Å². The first-order valence-corrected chi connectivity index (χ1v) is 11.4. The highest BCUT2D eigenvalue weighted by atomic mass is 16.5. The van der Waals surface area contributed by atoms with Crippen LogP contribution in [0, 0.1) is 6.92 Å². The lowest BCUT2D eigenvalue weighted by Crippen LogP contribution is -2.37. The normalized spacial score (nSPS) is 15.3. The van der Waals surface area contributed by atoms with E-state index in [0.717, 1.165) is 30.8 Å². The third-order valence-electron chi connectivity index (χ3n) is 6.24. The Bertz CT molecular complexity index is 1230. The smallest absolute Gasteiger partial charge is 0.290 e. The van der Waals surface area contributed by atoms with E-state index in [-0.39, 0.29) is 17.1 Å². The Morgan fingerprint density at radius 1 is 1.12 bits per heavy atom. The molecule has 0 aliphatic carbocycles. The molecule has 0 radical (unpaired) electrons. The van der Waals surface area contributed by atoms with Crippen molar-refractivity contribution >= 4 is 16.9 Å². The molecule has 0 bridgehead atoms. The molecular formula is C27H30N2O4. The van der Waals surface area contributed by atoms with Crippen molar-refractivity contribution < 1.29 is 13.9 Å². The van der Waals surface area contributed by atoms with Gasteiger partial charge in [-0.05, 0) is 49.8 Å². The molecule has 1 unspecified atom stereocenters. The van der Waals surface area contributed by atoms with Crippen LogP contribution in [0.25, 0.3) is 11.0 Å². The maximum absolute atomic E-state index is 13.6. The van der Waals surface area contributed by atoms with E-state index in [0.29, 0.717) is 35.4 Å². The molecule has 0 spiro atoms. The highest BCUT2D eigenvalue weighted by Crippen LogP contribution is 2.38. The topological polar surface area (TPSA) is 63.0 Å². The predicted molar refractivity (Wildman–Crippen MR) is 130 cm³/mol. The molecular weight excluding hydrogens is 416 g/mol. The second kappa shape index (κ2) is 9.63. The maximum Gasteiger partial charge on any atom is 0.290 e. The number of aryl methyl sites for hydroxylation is 1. The van der Waals surface area contributed by atoms with Gasteiger partial charge in [0, 0.05) is 13.1 Å². The first-order chi connectivity index (χ1) is 16.0. The summed E-state index contributed by atoms with van der Waals surface area (Å²) in [6, 6.07) is 12.5. The van der Waals surface area contributed by atoms with Gasteiger partial charge >= 0.3 is 0 Å². The second-order valence-electron chi connectivity index (χ2n) is 8.27. The monoisotopic (exact) mass is 446 g/mol. The Kier molecular flexibility index (Phi) is 6.65. The summed E-state index contributed by atoms with van der Waals surface area (Å²) in [5.41, 5.74) is 2.53. The molecule has 6 heteroatoms. The molecule has 1 aromatic heterocycles. The molecule has 0 N–H and O–H groups in total. The maximum atomic E-state index is 13.6. The van der Waals surface area contributed by atoms with Crippen LogP contribution < -0.4 is 10.2 Å². The Hall–Kier alpha value is -3.38. The van der Waals surface area contributed by atoms with Crippen LogP contribution in [-0.4, -0.2) is 48.5 Å². The van der Waals surface area contributed by atoms with Gasteiger partial charge < -0.3 is 19.0 Å². The minimum atomic E-state index is -0.502. The Morgan fingerprint density at radius 2 is 1.85 bits per heavy atom. The minimum absolute atomic E-state index is 0.146. The van der Waals surface area contributed by atoms with Crippen LogP contribution in [-0.2, 0) is 0 Å². The quantitative estimate of drug-likeness (QED) is 0.451. The van der Waals surface area contributed by atoms with Crippen molar-refractivity contribution in [2.24, 2.45) is 0 Å². The number of benzene rings is 2. The van der Waals surface area contributed by atoms with Gasteiger partial charge in [0.05, 0.1) is 17.0 Å². The van der Waals surface area contributed by atoms with Gasteiger partial charge in [-0.1, -0.05) is 50.3 Å². The molecule has 0 saturated heterocycles. The first kappa shape index (κ1) is 22.8. The summed E-state index contributed by atoms with van der Waals surface area (Å²) in [5.74, 6) is 0.612. The van der Waals surface area contributed by atoms with Crippen molar-refractivity contribution in [3.05, 3.63) is 87.8 Å². The number of likely N-dealkylation sites (N-methyl/N-ethyl adjacent to an activating group) is 1. The van der Waals surface area contributed by atoms with Gasteiger partial charge in [0.25, 0.3) is 5.91 Å². The number of nitrogens with zero attached hydrogens (tertiary/aromatic N) is 2. The van der Waals surface area contributed by atoms with E-state index in [1.807, 2.05) is 43.3 Å². The third-order valence-corrected chi connectivity index (χ3v) is 6.24. The van der Waals surface area contributed by atoms with Crippen molar-refractivity contribution in [1.82, 2.24) is 9.80 Å². The van der Waals surface area contributed by atoms with Gasteiger partial charge in [0.1, 0.15) is 17.9 Å². The van der Waals surface area contributed by atoms with E-state index in [2.05, 4.69) is 25.3 Å². The zero-order valence-electron chi connectivity index (χ0n) is 19.5. The lowest BCUT2D eigenvalue weighted by molar-refractivity contribution is 0.0708. The fraction of sp³-hybridized carbons (Fsp3) is 0.333. The molecule has 0 fully saturated rings. The SMILES string of the molecule is C=CCOc1ccc(C2c3c(oc4ccc(C)cc4c3=O)C(=O)N2CCN(CC)CC)cc1. The molecule has 1 aliphatic heterocycles. The van der Waals surface area contributed by atoms with Crippen molar-refractivity contribution in [1.29, 1.82) is 0 Å². The summed E-state index contributed by atoms with van der Waals surface area (Å²) in [6.07, 6.45) is 1.69. The summed E-state index contributed by atoms with van der Waals surface area (Å²) < 4.78 is 11.6. The van der Waals surface area contributed by atoms with Crippen LogP contribution in [0.2, 0.25) is 0 Å². The number of amides is 1.